The Morgan fingerprint density at radius 2 is 1.78 bits per heavy atom. The van der Waals surface area contributed by atoms with E-state index in [1.165, 1.54) is 46.8 Å². The average molecular weight is 681 g/mol. The number of aryl methyl sites for hydroxylation is 2. The van der Waals surface area contributed by atoms with Gasteiger partial charge in [0, 0.05) is 25.0 Å². The number of aromatic nitrogens is 2. The first-order chi connectivity index (χ1) is 22.1. The number of hydrogen-bond donors (Lipinski definition) is 3. The van der Waals surface area contributed by atoms with Gasteiger partial charge in [-0.25, -0.2) is 9.59 Å². The predicted molar refractivity (Wildman–Crippen MR) is 175 cm³/mol. The standard InChI is InChI=1S/C31H32N6O6S3/c1-18-34-35-31(46-18)45-17-21-16-44-28-24(27(40)37(28)25(21)29(41)42)32-26(39)23(20-13-7-4-8-14-20)33-30(43)36(2)22(38)15-9-12-19-10-5-3-6-11-19/h3-8,10-11,13-14,23-24,28H,9,12,15-17H2,1-2H3,(H,32,39)(H,33,43)(H,41,42)/t23?,24?,28-/m0/s1. The van der Waals surface area contributed by atoms with E-state index in [1.807, 2.05) is 37.3 Å². The number of nitrogens with one attached hydrogen (secondary N) is 2. The highest BCUT2D eigenvalue weighted by atomic mass is 32.2. The summed E-state index contributed by atoms with van der Waals surface area (Å²) in [4.78, 5) is 67.2. The zero-order valence-corrected chi connectivity index (χ0v) is 27.5. The minimum Gasteiger partial charge on any atom is -0.477 e. The highest BCUT2D eigenvalue weighted by molar-refractivity contribution is 8.01. The molecule has 0 aliphatic carbocycles. The number of rotatable bonds is 12. The number of thioether (sulfide) groups is 2. The first-order valence-electron chi connectivity index (χ1n) is 14.4. The maximum atomic E-state index is 13.6. The topological polar surface area (TPSA) is 162 Å². The maximum Gasteiger partial charge on any atom is 0.352 e. The highest BCUT2D eigenvalue weighted by Crippen LogP contribution is 2.42. The van der Waals surface area contributed by atoms with Gasteiger partial charge in [-0.1, -0.05) is 83.8 Å². The lowest BCUT2D eigenvalue weighted by atomic mass is 10.0. The average Bonchev–Trinajstić information content (AvgIpc) is 3.49. The minimum absolute atomic E-state index is 0.0895. The number of carboxylic acids is 1. The molecule has 12 nitrogen and oxygen atoms in total. The van der Waals surface area contributed by atoms with Crippen LogP contribution in [0.3, 0.4) is 0 Å². The van der Waals surface area contributed by atoms with Crippen LogP contribution in [0.1, 0.15) is 35.0 Å². The molecule has 5 rings (SSSR count). The van der Waals surface area contributed by atoms with Crippen LogP contribution in [0, 0.1) is 6.92 Å². The zero-order chi connectivity index (χ0) is 32.8. The third kappa shape index (κ3) is 7.59. The van der Waals surface area contributed by atoms with Crippen LogP contribution in [0.5, 0.6) is 0 Å². The Kier molecular flexibility index (Phi) is 10.8. The van der Waals surface area contributed by atoms with Gasteiger partial charge in [0.2, 0.25) is 11.8 Å². The predicted octanol–water partition coefficient (Wildman–Crippen LogP) is 3.61. The molecule has 0 bridgehead atoms. The molecule has 240 valence electrons. The molecule has 0 saturated carbocycles. The van der Waals surface area contributed by atoms with E-state index in [0.29, 0.717) is 39.8 Å². The molecule has 5 amide bonds. The van der Waals surface area contributed by atoms with Gasteiger partial charge in [-0.2, -0.15) is 0 Å². The van der Waals surface area contributed by atoms with E-state index in [4.69, 9.17) is 0 Å². The number of carbonyl (C=O) groups is 5. The summed E-state index contributed by atoms with van der Waals surface area (Å²) < 4.78 is 0.704. The first kappa shape index (κ1) is 33.2. The van der Waals surface area contributed by atoms with E-state index in [0.717, 1.165) is 15.5 Å². The highest BCUT2D eigenvalue weighted by Gasteiger charge is 2.54. The molecule has 0 radical (unpaired) electrons. The van der Waals surface area contributed by atoms with Gasteiger partial charge < -0.3 is 15.7 Å². The van der Waals surface area contributed by atoms with Crippen molar-refractivity contribution in [3.8, 4) is 0 Å². The van der Waals surface area contributed by atoms with Crippen LogP contribution >= 0.6 is 34.9 Å². The zero-order valence-electron chi connectivity index (χ0n) is 25.0. The number of benzene rings is 2. The summed E-state index contributed by atoms with van der Waals surface area (Å²) in [6, 6.07) is 15.3. The van der Waals surface area contributed by atoms with Crippen molar-refractivity contribution in [1.29, 1.82) is 0 Å². The van der Waals surface area contributed by atoms with Crippen LogP contribution in [-0.2, 0) is 25.6 Å². The van der Waals surface area contributed by atoms with E-state index in [1.54, 1.807) is 30.3 Å². The Balaban J connectivity index is 1.23. The molecule has 1 fully saturated rings. The van der Waals surface area contributed by atoms with Crippen molar-refractivity contribution >= 4 is 64.6 Å². The van der Waals surface area contributed by atoms with E-state index in [2.05, 4.69) is 20.8 Å². The molecule has 1 saturated heterocycles. The Bertz CT molecular complexity index is 1650. The van der Waals surface area contributed by atoms with Crippen molar-refractivity contribution in [3.05, 3.63) is 88.1 Å². The number of fused-ring (bicyclic) bond motifs is 1. The maximum absolute atomic E-state index is 13.6. The quantitative estimate of drug-likeness (QED) is 0.190. The van der Waals surface area contributed by atoms with Crippen LogP contribution in [0.4, 0.5) is 4.79 Å². The minimum atomic E-state index is -1.22. The molecular weight excluding hydrogens is 649 g/mol. The van der Waals surface area contributed by atoms with E-state index < -0.39 is 47.2 Å². The Labute approximate surface area is 278 Å². The normalized spacial score (nSPS) is 17.9. The van der Waals surface area contributed by atoms with Crippen molar-refractivity contribution in [2.75, 3.05) is 18.6 Å². The van der Waals surface area contributed by atoms with Crippen LogP contribution in [-0.4, -0.2) is 84.8 Å². The lowest BCUT2D eigenvalue weighted by Crippen LogP contribution is -2.71. The molecule has 3 aromatic rings. The molecule has 3 N–H and O–H groups in total. The fraction of sp³-hybridized carbons (Fsp3) is 0.323. The van der Waals surface area contributed by atoms with Crippen LogP contribution in [0.15, 0.2) is 76.3 Å². The number of β-lactam (4-membered cyclic amide) rings is 1. The fourth-order valence-corrected chi connectivity index (χ4v) is 8.35. The van der Waals surface area contributed by atoms with Gasteiger partial charge in [0.05, 0.1) is 0 Å². The van der Waals surface area contributed by atoms with Gasteiger partial charge in [0.25, 0.3) is 5.91 Å². The monoisotopic (exact) mass is 680 g/mol. The molecular formula is C31H32N6O6S3. The number of imide groups is 1. The van der Waals surface area contributed by atoms with Gasteiger partial charge in [0.1, 0.15) is 28.2 Å². The third-order valence-electron chi connectivity index (χ3n) is 7.47. The molecule has 2 unspecified atom stereocenters. The number of carbonyl (C=O) groups excluding carboxylic acids is 4. The lowest BCUT2D eigenvalue weighted by molar-refractivity contribution is -0.151. The Hall–Kier alpha value is -4.21. The van der Waals surface area contributed by atoms with E-state index in [9.17, 15) is 29.1 Å². The van der Waals surface area contributed by atoms with E-state index in [-0.39, 0.29) is 12.1 Å². The number of nitrogens with zero attached hydrogens (tertiary/aromatic N) is 4. The van der Waals surface area contributed by atoms with Crippen molar-refractivity contribution in [2.24, 2.45) is 0 Å². The summed E-state index contributed by atoms with van der Waals surface area (Å²) in [5, 5.41) is 23.6. The Morgan fingerprint density at radius 3 is 2.43 bits per heavy atom. The van der Waals surface area contributed by atoms with Crippen molar-refractivity contribution in [1.82, 2.24) is 30.6 Å². The van der Waals surface area contributed by atoms with E-state index >= 15 is 0 Å². The fourth-order valence-electron chi connectivity index (χ4n) is 5.05. The van der Waals surface area contributed by atoms with Gasteiger partial charge in [-0.05, 0) is 36.5 Å². The lowest BCUT2D eigenvalue weighted by Gasteiger charge is -2.49. The SMILES string of the molecule is Cc1nnc(SCC2=C(C(=O)O)N3C(=O)C(NC(=O)C(NC(=O)N(C)C(=O)CCCc4ccccc4)c4ccccc4)[C@@H]3SC2)s1. The van der Waals surface area contributed by atoms with Gasteiger partial charge in [-0.3, -0.25) is 24.2 Å². The number of aliphatic carboxylic acids is 1. The molecule has 2 aliphatic rings. The summed E-state index contributed by atoms with van der Waals surface area (Å²) in [5.74, 6) is -2.15. The van der Waals surface area contributed by atoms with Crippen molar-refractivity contribution < 1.29 is 29.1 Å². The molecule has 2 aliphatic heterocycles. The van der Waals surface area contributed by atoms with Crippen LogP contribution in [0.25, 0.3) is 0 Å². The second-order valence-corrected chi connectivity index (χ2v) is 14.1. The van der Waals surface area contributed by atoms with Crippen molar-refractivity contribution in [2.45, 2.75) is 48.0 Å². The second kappa shape index (κ2) is 14.9. The number of amides is 5. The van der Waals surface area contributed by atoms with Gasteiger partial charge in [-0.15, -0.1) is 22.0 Å². The largest absolute Gasteiger partial charge is 0.477 e. The number of carboxylic acid groups (broad SMARTS) is 1. The van der Waals surface area contributed by atoms with Gasteiger partial charge in [0.15, 0.2) is 4.34 Å². The summed E-state index contributed by atoms with van der Waals surface area (Å²) in [5.41, 5.74) is 2.03. The first-order valence-corrected chi connectivity index (χ1v) is 17.3. The smallest absolute Gasteiger partial charge is 0.352 e. The number of hydrogen-bond acceptors (Lipinski definition) is 10. The van der Waals surface area contributed by atoms with Crippen LogP contribution in [0.2, 0.25) is 0 Å². The third-order valence-corrected chi connectivity index (χ3v) is 10.9. The summed E-state index contributed by atoms with van der Waals surface area (Å²) >= 11 is 4.12. The van der Waals surface area contributed by atoms with Crippen LogP contribution < -0.4 is 10.6 Å². The molecule has 1 aromatic heterocycles. The molecule has 3 heterocycles. The number of urea groups is 1. The molecule has 3 atom stereocenters. The molecule has 46 heavy (non-hydrogen) atoms. The summed E-state index contributed by atoms with van der Waals surface area (Å²) in [6.45, 7) is 1.83. The second-order valence-electron chi connectivity index (χ2n) is 10.6. The molecule has 2 aromatic carbocycles. The van der Waals surface area contributed by atoms with Crippen molar-refractivity contribution in [3.63, 3.8) is 0 Å². The molecule has 15 heteroatoms. The Morgan fingerprint density at radius 1 is 1.09 bits per heavy atom. The summed E-state index contributed by atoms with van der Waals surface area (Å²) in [6.07, 6.45) is 1.38. The molecule has 0 spiro atoms. The summed E-state index contributed by atoms with van der Waals surface area (Å²) in [7, 11) is 1.36. The van der Waals surface area contributed by atoms with Gasteiger partial charge >= 0.3 is 12.0 Å².